The molecule has 2 aromatic rings. The summed E-state index contributed by atoms with van der Waals surface area (Å²) >= 11 is 1.85. The first-order chi connectivity index (χ1) is 8.78. The second-order valence-electron chi connectivity index (χ2n) is 4.29. The molecule has 0 N–H and O–H groups in total. The highest BCUT2D eigenvalue weighted by Crippen LogP contribution is 2.30. The third kappa shape index (κ3) is 3.78. The Morgan fingerprint density at radius 3 is 2.28 bits per heavy atom. The van der Waals surface area contributed by atoms with Crippen molar-refractivity contribution in [2.24, 2.45) is 0 Å². The maximum absolute atomic E-state index is 2.27. The van der Waals surface area contributed by atoms with Crippen LogP contribution in [0, 0.1) is 6.92 Å². The molecule has 0 aromatic heterocycles. The second kappa shape index (κ2) is 6.46. The zero-order valence-corrected chi connectivity index (χ0v) is 11.7. The van der Waals surface area contributed by atoms with E-state index >= 15 is 0 Å². The summed E-state index contributed by atoms with van der Waals surface area (Å²) in [7, 11) is 0. The van der Waals surface area contributed by atoms with Gasteiger partial charge in [-0.05, 0) is 42.0 Å². The van der Waals surface area contributed by atoms with E-state index in [4.69, 9.17) is 0 Å². The van der Waals surface area contributed by atoms with Crippen molar-refractivity contribution in [3.63, 3.8) is 0 Å². The molecule has 0 aliphatic heterocycles. The molecule has 0 atom stereocenters. The molecule has 0 saturated heterocycles. The summed E-state index contributed by atoms with van der Waals surface area (Å²) in [5, 5.41) is 0. The van der Waals surface area contributed by atoms with Crippen molar-refractivity contribution < 1.29 is 0 Å². The van der Waals surface area contributed by atoms with Crippen LogP contribution in [0.2, 0.25) is 0 Å². The van der Waals surface area contributed by atoms with E-state index < -0.39 is 0 Å². The number of rotatable bonds is 4. The van der Waals surface area contributed by atoms with Gasteiger partial charge >= 0.3 is 0 Å². The van der Waals surface area contributed by atoms with Crippen LogP contribution in [0.5, 0.6) is 0 Å². The summed E-state index contributed by atoms with van der Waals surface area (Å²) in [6.07, 6.45) is 3.34. The van der Waals surface area contributed by atoms with Crippen LogP contribution in [0.1, 0.15) is 24.5 Å². The van der Waals surface area contributed by atoms with Crippen molar-refractivity contribution in [2.45, 2.75) is 25.2 Å². The average Bonchev–Trinajstić information content (AvgIpc) is 2.41. The van der Waals surface area contributed by atoms with Crippen molar-refractivity contribution in [1.82, 2.24) is 0 Å². The summed E-state index contributed by atoms with van der Waals surface area (Å²) in [6.45, 7) is 4.32. The molecular weight excluding hydrogens is 236 g/mol. The van der Waals surface area contributed by atoms with E-state index in [9.17, 15) is 0 Å². The number of hydrogen-bond donors (Lipinski definition) is 0. The Hall–Kier alpha value is -1.47. The summed E-state index contributed by atoms with van der Waals surface area (Å²) in [5.41, 5.74) is 2.58. The van der Waals surface area contributed by atoms with Crippen molar-refractivity contribution in [3.05, 3.63) is 70.6 Å². The Bertz CT molecular complexity index is 509. The largest absolute Gasteiger partial charge is 0.0945 e. The lowest BCUT2D eigenvalue weighted by molar-refractivity contribution is 1.21. The van der Waals surface area contributed by atoms with Crippen LogP contribution >= 0.6 is 11.8 Å². The molecule has 0 spiro atoms. The molecule has 0 saturated carbocycles. The van der Waals surface area contributed by atoms with Crippen LogP contribution < -0.4 is 0 Å². The Balaban J connectivity index is 2.15. The van der Waals surface area contributed by atoms with E-state index in [1.807, 2.05) is 11.8 Å². The molecule has 0 fully saturated rings. The Labute approximate surface area is 114 Å². The topological polar surface area (TPSA) is 0 Å². The van der Waals surface area contributed by atoms with Crippen molar-refractivity contribution in [2.75, 3.05) is 0 Å². The maximum atomic E-state index is 2.27. The Morgan fingerprint density at radius 1 is 1.00 bits per heavy atom. The fourth-order valence-electron chi connectivity index (χ4n) is 1.69. The molecule has 0 aliphatic rings. The van der Waals surface area contributed by atoms with Crippen LogP contribution in [0.25, 0.3) is 6.08 Å². The lowest BCUT2D eigenvalue weighted by Crippen LogP contribution is -1.79. The van der Waals surface area contributed by atoms with Crippen LogP contribution in [-0.4, -0.2) is 0 Å². The molecule has 18 heavy (non-hydrogen) atoms. The van der Waals surface area contributed by atoms with Gasteiger partial charge in [-0.3, -0.25) is 0 Å². The van der Waals surface area contributed by atoms with E-state index in [2.05, 4.69) is 74.5 Å². The van der Waals surface area contributed by atoms with Gasteiger partial charge in [0.2, 0.25) is 0 Å². The maximum Gasteiger partial charge on any atom is 0.0119 e. The molecule has 92 valence electrons. The van der Waals surface area contributed by atoms with E-state index in [1.54, 1.807) is 0 Å². The monoisotopic (exact) mass is 254 g/mol. The van der Waals surface area contributed by atoms with Crippen molar-refractivity contribution in [1.29, 1.82) is 0 Å². The second-order valence-corrected chi connectivity index (χ2v) is 5.49. The number of allylic oxidation sites excluding steroid dienone is 1. The summed E-state index contributed by atoms with van der Waals surface area (Å²) < 4.78 is 0. The molecule has 0 radical (unpaired) electrons. The number of benzene rings is 2. The predicted octanol–water partition coefficient (Wildman–Crippen LogP) is 5.54. The fraction of sp³-hybridized carbons (Fsp3) is 0.176. The van der Waals surface area contributed by atoms with Gasteiger partial charge in [-0.15, -0.1) is 0 Å². The van der Waals surface area contributed by atoms with Gasteiger partial charge in [-0.1, -0.05) is 66.7 Å². The molecule has 0 aliphatic carbocycles. The molecule has 0 bridgehead atoms. The van der Waals surface area contributed by atoms with Crippen molar-refractivity contribution >= 4 is 17.8 Å². The molecule has 0 heterocycles. The highest BCUT2D eigenvalue weighted by atomic mass is 32.2. The van der Waals surface area contributed by atoms with Gasteiger partial charge in [-0.25, -0.2) is 0 Å². The minimum Gasteiger partial charge on any atom is -0.0945 e. The number of thioether (sulfide) groups is 1. The highest BCUT2D eigenvalue weighted by Gasteiger charge is 1.98. The Kier molecular flexibility index (Phi) is 4.66. The molecule has 2 rings (SSSR count). The van der Waals surface area contributed by atoms with Gasteiger partial charge in [0.25, 0.3) is 0 Å². The van der Waals surface area contributed by atoms with Gasteiger partial charge < -0.3 is 0 Å². The number of aryl methyl sites for hydroxylation is 1. The normalized spacial score (nSPS) is 11.6. The Morgan fingerprint density at radius 2 is 1.67 bits per heavy atom. The molecule has 0 nitrogen and oxygen atoms in total. The first kappa shape index (κ1) is 13.0. The van der Waals surface area contributed by atoms with Crippen LogP contribution in [-0.2, 0) is 0 Å². The van der Waals surface area contributed by atoms with E-state index in [1.165, 1.54) is 20.9 Å². The first-order valence-electron chi connectivity index (χ1n) is 6.28. The lowest BCUT2D eigenvalue weighted by atomic mass is 10.1. The summed E-state index contributed by atoms with van der Waals surface area (Å²) in [4.78, 5) is 2.70. The lowest BCUT2D eigenvalue weighted by Gasteiger charge is -2.05. The standard InChI is InChI=1S/C17H18S/c1-3-16(18-17-7-5-4-6-8-17)13-15-11-9-14(2)10-12-15/h4-13H,3H2,1-2H3/b16-13-. The molecule has 1 heteroatoms. The first-order valence-corrected chi connectivity index (χ1v) is 7.09. The zero-order chi connectivity index (χ0) is 12.8. The fourth-order valence-corrected chi connectivity index (χ4v) is 2.63. The van der Waals surface area contributed by atoms with Gasteiger partial charge in [0.1, 0.15) is 0 Å². The quantitative estimate of drug-likeness (QED) is 0.646. The summed E-state index contributed by atoms with van der Waals surface area (Å²) in [5.74, 6) is 0. The predicted molar refractivity (Wildman–Crippen MR) is 81.7 cm³/mol. The van der Waals surface area contributed by atoms with Gasteiger partial charge in [0.15, 0.2) is 0 Å². The van der Waals surface area contributed by atoms with Gasteiger partial charge in [-0.2, -0.15) is 0 Å². The average molecular weight is 254 g/mol. The SMILES string of the molecule is CC/C(=C/c1ccc(C)cc1)Sc1ccccc1. The smallest absolute Gasteiger partial charge is 0.0119 e. The zero-order valence-electron chi connectivity index (χ0n) is 10.9. The van der Waals surface area contributed by atoms with Crippen LogP contribution in [0.15, 0.2) is 64.4 Å². The van der Waals surface area contributed by atoms with E-state index in [-0.39, 0.29) is 0 Å². The van der Waals surface area contributed by atoms with Gasteiger partial charge in [0, 0.05) is 4.90 Å². The molecule has 0 amide bonds. The highest BCUT2D eigenvalue weighted by molar-refractivity contribution is 8.03. The molecule has 0 unspecified atom stereocenters. The summed E-state index contributed by atoms with van der Waals surface area (Å²) in [6, 6.07) is 19.2. The van der Waals surface area contributed by atoms with E-state index in [0.29, 0.717) is 0 Å². The minimum absolute atomic E-state index is 1.06. The van der Waals surface area contributed by atoms with Gasteiger partial charge in [0.05, 0.1) is 0 Å². The third-order valence-electron chi connectivity index (χ3n) is 2.75. The number of hydrogen-bond acceptors (Lipinski definition) is 1. The minimum atomic E-state index is 1.06. The van der Waals surface area contributed by atoms with Crippen LogP contribution in [0.3, 0.4) is 0 Å². The third-order valence-corrected chi connectivity index (χ3v) is 3.92. The molecular formula is C17H18S. The molecule has 2 aromatic carbocycles. The van der Waals surface area contributed by atoms with Crippen molar-refractivity contribution in [3.8, 4) is 0 Å². The van der Waals surface area contributed by atoms with Crippen LogP contribution in [0.4, 0.5) is 0 Å². The van der Waals surface area contributed by atoms with E-state index in [0.717, 1.165) is 6.42 Å².